The Kier molecular flexibility index (Phi) is 5.87. The summed E-state index contributed by atoms with van der Waals surface area (Å²) in [5, 5.41) is 16.1. The minimum atomic E-state index is -0.569. The maximum Gasteiger partial charge on any atom is 0.258 e. The van der Waals surface area contributed by atoms with Crippen LogP contribution < -0.4 is 10.1 Å². The first-order valence-electron chi connectivity index (χ1n) is 9.55. The van der Waals surface area contributed by atoms with E-state index in [2.05, 4.69) is 5.32 Å². The van der Waals surface area contributed by atoms with Crippen LogP contribution >= 0.6 is 11.6 Å². The smallest absolute Gasteiger partial charge is 0.258 e. The van der Waals surface area contributed by atoms with E-state index in [1.807, 2.05) is 60.7 Å². The third kappa shape index (κ3) is 4.39. The summed E-state index contributed by atoms with van der Waals surface area (Å²) in [6.07, 6.45) is 0. The van der Waals surface area contributed by atoms with E-state index >= 15 is 0 Å². The fraction of sp³-hybridized carbons (Fsp3) is 0.0800. The Balaban J connectivity index is 1.68. The second-order valence-corrected chi connectivity index (χ2v) is 7.31. The summed E-state index contributed by atoms with van der Waals surface area (Å²) >= 11 is 6.06. The van der Waals surface area contributed by atoms with Crippen molar-refractivity contribution in [2.75, 3.05) is 6.61 Å². The van der Waals surface area contributed by atoms with Crippen LogP contribution in [0.25, 0.3) is 10.8 Å². The minimum absolute atomic E-state index is 0.109. The number of aromatic hydroxyl groups is 1. The Hall–Kier alpha value is -3.50. The molecule has 0 aromatic heterocycles. The zero-order valence-electron chi connectivity index (χ0n) is 16.1. The molecule has 1 unspecified atom stereocenters. The van der Waals surface area contributed by atoms with Crippen molar-refractivity contribution in [2.45, 2.75) is 6.04 Å². The summed E-state index contributed by atoms with van der Waals surface area (Å²) < 4.78 is 5.58. The number of carbonyl (C=O) groups excluding carboxylic acids is 1. The van der Waals surface area contributed by atoms with E-state index in [1.165, 1.54) is 0 Å². The lowest BCUT2D eigenvalue weighted by atomic mass is 9.92. The first kappa shape index (κ1) is 19.8. The van der Waals surface area contributed by atoms with Gasteiger partial charge in [0.15, 0.2) is 6.61 Å². The van der Waals surface area contributed by atoms with Gasteiger partial charge in [0.25, 0.3) is 5.91 Å². The van der Waals surface area contributed by atoms with Gasteiger partial charge in [-0.2, -0.15) is 0 Å². The minimum Gasteiger partial charge on any atom is -0.508 e. The standard InChI is InChI=1S/C25H20ClNO3/c26-19-13-10-18(11-14-19)25(27-23(29)16-30-20-7-2-1-3-8-20)24-21-9-5-4-6-17(21)12-15-22(24)28/h1-15,25,28H,16H2,(H,27,29). The fourth-order valence-electron chi connectivity index (χ4n) is 3.43. The highest BCUT2D eigenvalue weighted by atomic mass is 35.5. The quantitative estimate of drug-likeness (QED) is 0.436. The van der Waals surface area contributed by atoms with Gasteiger partial charge in [0.1, 0.15) is 11.5 Å². The zero-order valence-corrected chi connectivity index (χ0v) is 16.8. The van der Waals surface area contributed by atoms with Gasteiger partial charge in [0.2, 0.25) is 0 Å². The Morgan fingerprint density at radius 2 is 1.60 bits per heavy atom. The average Bonchev–Trinajstić information content (AvgIpc) is 2.78. The van der Waals surface area contributed by atoms with Crippen molar-refractivity contribution in [3.05, 3.63) is 107 Å². The second-order valence-electron chi connectivity index (χ2n) is 6.87. The van der Waals surface area contributed by atoms with Crippen LogP contribution in [-0.2, 0) is 4.79 Å². The molecule has 5 heteroatoms. The van der Waals surface area contributed by atoms with Gasteiger partial charge in [0, 0.05) is 10.6 Å². The molecule has 0 bridgehead atoms. The van der Waals surface area contributed by atoms with E-state index in [-0.39, 0.29) is 18.3 Å². The fourth-order valence-corrected chi connectivity index (χ4v) is 3.56. The van der Waals surface area contributed by atoms with E-state index in [9.17, 15) is 9.90 Å². The topological polar surface area (TPSA) is 58.6 Å². The van der Waals surface area contributed by atoms with Gasteiger partial charge in [0.05, 0.1) is 6.04 Å². The molecule has 1 amide bonds. The lowest BCUT2D eigenvalue weighted by Crippen LogP contribution is -2.33. The summed E-state index contributed by atoms with van der Waals surface area (Å²) in [6.45, 7) is -0.139. The van der Waals surface area contributed by atoms with Gasteiger partial charge in [-0.15, -0.1) is 0 Å². The molecule has 0 fully saturated rings. The predicted molar refractivity (Wildman–Crippen MR) is 119 cm³/mol. The molecule has 30 heavy (non-hydrogen) atoms. The van der Waals surface area contributed by atoms with Crippen LogP contribution in [0.2, 0.25) is 5.02 Å². The molecule has 0 aliphatic heterocycles. The predicted octanol–water partition coefficient (Wildman–Crippen LogP) is 5.48. The molecule has 0 saturated heterocycles. The third-order valence-electron chi connectivity index (χ3n) is 4.86. The highest BCUT2D eigenvalue weighted by molar-refractivity contribution is 6.30. The van der Waals surface area contributed by atoms with Crippen molar-refractivity contribution in [2.24, 2.45) is 0 Å². The van der Waals surface area contributed by atoms with Gasteiger partial charge in [-0.3, -0.25) is 4.79 Å². The average molecular weight is 418 g/mol. The van der Waals surface area contributed by atoms with Crippen LogP contribution in [0.5, 0.6) is 11.5 Å². The Bertz CT molecular complexity index is 1160. The number of fused-ring (bicyclic) bond motifs is 1. The lowest BCUT2D eigenvalue weighted by Gasteiger charge is -2.23. The molecule has 0 spiro atoms. The third-order valence-corrected chi connectivity index (χ3v) is 5.11. The molecular formula is C25H20ClNO3. The molecule has 1 atom stereocenters. The van der Waals surface area contributed by atoms with E-state index in [4.69, 9.17) is 16.3 Å². The van der Waals surface area contributed by atoms with E-state index in [0.717, 1.165) is 16.3 Å². The number of ether oxygens (including phenoxy) is 1. The Morgan fingerprint density at radius 1 is 0.900 bits per heavy atom. The van der Waals surface area contributed by atoms with Crippen LogP contribution in [0.1, 0.15) is 17.2 Å². The molecule has 0 aliphatic carbocycles. The normalized spacial score (nSPS) is 11.8. The number of phenolic OH excluding ortho intramolecular Hbond substituents is 1. The van der Waals surface area contributed by atoms with Gasteiger partial charge in [-0.25, -0.2) is 0 Å². The van der Waals surface area contributed by atoms with Crippen molar-refractivity contribution < 1.29 is 14.6 Å². The number of carbonyl (C=O) groups is 1. The van der Waals surface area contributed by atoms with Crippen LogP contribution in [0, 0.1) is 0 Å². The van der Waals surface area contributed by atoms with Crippen molar-refractivity contribution in [1.29, 1.82) is 0 Å². The van der Waals surface area contributed by atoms with Gasteiger partial charge in [-0.05, 0) is 46.7 Å². The van der Waals surface area contributed by atoms with E-state index < -0.39 is 6.04 Å². The highest BCUT2D eigenvalue weighted by Gasteiger charge is 2.22. The molecule has 0 saturated carbocycles. The molecule has 0 heterocycles. The van der Waals surface area contributed by atoms with E-state index in [1.54, 1.807) is 30.3 Å². The summed E-state index contributed by atoms with van der Waals surface area (Å²) in [5.41, 5.74) is 1.43. The molecule has 4 aromatic rings. The second kappa shape index (κ2) is 8.89. The number of rotatable bonds is 6. The van der Waals surface area contributed by atoms with E-state index in [0.29, 0.717) is 16.3 Å². The summed E-state index contributed by atoms with van der Waals surface area (Å²) in [6, 6.07) is 27.0. The van der Waals surface area contributed by atoms with Crippen molar-refractivity contribution in [3.63, 3.8) is 0 Å². The highest BCUT2D eigenvalue weighted by Crippen LogP contribution is 2.36. The zero-order chi connectivity index (χ0) is 20.9. The molecule has 0 aliphatic rings. The van der Waals surface area contributed by atoms with Crippen molar-refractivity contribution in [3.8, 4) is 11.5 Å². The van der Waals surface area contributed by atoms with Crippen LogP contribution in [0.15, 0.2) is 91.0 Å². The number of phenols is 1. The van der Waals surface area contributed by atoms with Crippen LogP contribution in [0.4, 0.5) is 0 Å². The van der Waals surface area contributed by atoms with Gasteiger partial charge in [-0.1, -0.05) is 72.3 Å². The molecule has 150 valence electrons. The first-order valence-corrected chi connectivity index (χ1v) is 9.93. The lowest BCUT2D eigenvalue weighted by molar-refractivity contribution is -0.123. The summed E-state index contributed by atoms with van der Waals surface area (Å²) in [5.74, 6) is 0.424. The van der Waals surface area contributed by atoms with Crippen molar-refractivity contribution >= 4 is 28.3 Å². The Morgan fingerprint density at radius 3 is 2.37 bits per heavy atom. The Labute approximate surface area is 179 Å². The first-order chi connectivity index (χ1) is 14.6. The molecule has 2 N–H and O–H groups in total. The number of hydrogen-bond donors (Lipinski definition) is 2. The van der Waals surface area contributed by atoms with Gasteiger partial charge < -0.3 is 15.2 Å². The molecule has 4 nitrogen and oxygen atoms in total. The maximum absolute atomic E-state index is 12.7. The number of halogens is 1. The van der Waals surface area contributed by atoms with Crippen LogP contribution in [-0.4, -0.2) is 17.6 Å². The number of benzene rings is 4. The molecule has 4 aromatic carbocycles. The van der Waals surface area contributed by atoms with Crippen LogP contribution in [0.3, 0.4) is 0 Å². The van der Waals surface area contributed by atoms with Crippen molar-refractivity contribution in [1.82, 2.24) is 5.32 Å². The number of para-hydroxylation sites is 1. The number of hydrogen-bond acceptors (Lipinski definition) is 3. The molecule has 0 radical (unpaired) electrons. The SMILES string of the molecule is O=C(COc1ccccc1)NC(c1ccc(Cl)cc1)c1c(O)ccc2ccccc12. The summed E-state index contributed by atoms with van der Waals surface area (Å²) in [7, 11) is 0. The molecular weight excluding hydrogens is 398 g/mol. The monoisotopic (exact) mass is 417 g/mol. The number of amides is 1. The maximum atomic E-state index is 12.7. The molecule has 4 rings (SSSR count). The largest absolute Gasteiger partial charge is 0.508 e. The number of nitrogens with one attached hydrogen (secondary N) is 1. The van der Waals surface area contributed by atoms with Gasteiger partial charge >= 0.3 is 0 Å². The summed E-state index contributed by atoms with van der Waals surface area (Å²) in [4.78, 5) is 12.7.